The molecule has 3 aromatic heterocycles. The number of aliphatic hydroxyl groups excluding tert-OH is 1. The number of hydrogen-bond acceptors (Lipinski definition) is 8. The van der Waals surface area contributed by atoms with Crippen molar-refractivity contribution >= 4 is 15.7 Å². The van der Waals surface area contributed by atoms with Crippen LogP contribution in [0.2, 0.25) is 0 Å². The van der Waals surface area contributed by atoms with Crippen LogP contribution in [-0.2, 0) is 21.6 Å². The molecule has 0 bridgehead atoms. The largest absolute Gasteiger partial charge is 0.421 e. The zero-order valence-corrected chi connectivity index (χ0v) is 22.2. The number of carbonyl (C=O) groups excluding carboxylic acids is 1. The summed E-state index contributed by atoms with van der Waals surface area (Å²) in [5.74, 6) is -1.67. The minimum Gasteiger partial charge on any atom is -0.420 e. The van der Waals surface area contributed by atoms with Crippen molar-refractivity contribution in [2.24, 2.45) is 0 Å². The lowest BCUT2D eigenvalue weighted by Gasteiger charge is -2.22. The van der Waals surface area contributed by atoms with Crippen molar-refractivity contribution in [3.63, 3.8) is 0 Å². The first kappa shape index (κ1) is 29.0. The molecule has 14 heteroatoms. The molecule has 3 rings (SSSR count). The number of aromatic nitrogens is 4. The topological polar surface area (TPSA) is 136 Å². The second kappa shape index (κ2) is 10.7. The predicted molar refractivity (Wildman–Crippen MR) is 131 cm³/mol. The van der Waals surface area contributed by atoms with Gasteiger partial charge in [0.1, 0.15) is 5.56 Å². The van der Waals surface area contributed by atoms with Crippen molar-refractivity contribution in [3.05, 3.63) is 59.2 Å². The lowest BCUT2D eigenvalue weighted by molar-refractivity contribution is -0.138. The van der Waals surface area contributed by atoms with Gasteiger partial charge in [-0.1, -0.05) is 6.92 Å². The Morgan fingerprint density at radius 3 is 2.39 bits per heavy atom. The van der Waals surface area contributed by atoms with Crippen molar-refractivity contribution in [1.29, 1.82) is 0 Å². The standard InChI is InChI=1S/C24H28F3N5O5S/c1-6-38(35,36)15-9-10-17(29-12-15)18(13-33)30-20(34)19-14(2)22(32(31-19)23(3,4)5)37-21-16(24(25,26)27)8-7-11-28-21/h7-12,18,33H,6,13H2,1-5H3,(H,30,34). The van der Waals surface area contributed by atoms with Gasteiger partial charge in [-0.05, 0) is 52.0 Å². The summed E-state index contributed by atoms with van der Waals surface area (Å²) < 4.78 is 71.4. The van der Waals surface area contributed by atoms with E-state index in [-0.39, 0.29) is 33.5 Å². The molecule has 206 valence electrons. The molecule has 1 atom stereocenters. The number of aliphatic hydroxyl groups is 1. The Hall–Kier alpha value is -3.52. The Balaban J connectivity index is 1.96. The number of rotatable bonds is 8. The highest BCUT2D eigenvalue weighted by Gasteiger charge is 2.37. The first-order valence-electron chi connectivity index (χ1n) is 11.5. The molecule has 2 N–H and O–H groups in total. The lowest BCUT2D eigenvalue weighted by atomic mass is 10.1. The van der Waals surface area contributed by atoms with Crippen LogP contribution in [0.3, 0.4) is 0 Å². The molecule has 0 fully saturated rings. The first-order chi connectivity index (χ1) is 17.6. The number of pyridine rings is 2. The van der Waals surface area contributed by atoms with Gasteiger partial charge in [0.25, 0.3) is 5.91 Å². The number of amides is 1. The second-order valence-corrected chi connectivity index (χ2v) is 11.6. The molecular weight excluding hydrogens is 527 g/mol. The number of nitrogens with zero attached hydrogens (tertiary/aromatic N) is 4. The number of carbonyl (C=O) groups is 1. The molecule has 3 heterocycles. The monoisotopic (exact) mass is 555 g/mol. The van der Waals surface area contributed by atoms with Gasteiger partial charge in [0.05, 0.1) is 34.5 Å². The summed E-state index contributed by atoms with van der Waals surface area (Å²) in [4.78, 5) is 21.0. The molecular formula is C24H28F3N5O5S. The van der Waals surface area contributed by atoms with Crippen LogP contribution in [0, 0.1) is 6.92 Å². The predicted octanol–water partition coefficient (Wildman–Crippen LogP) is 3.80. The van der Waals surface area contributed by atoms with Crippen LogP contribution < -0.4 is 10.1 Å². The Morgan fingerprint density at radius 2 is 1.87 bits per heavy atom. The molecule has 3 aromatic rings. The van der Waals surface area contributed by atoms with Crippen LogP contribution in [0.4, 0.5) is 13.2 Å². The number of alkyl halides is 3. The minimum atomic E-state index is -4.72. The van der Waals surface area contributed by atoms with E-state index in [4.69, 9.17) is 4.74 Å². The molecule has 1 amide bonds. The summed E-state index contributed by atoms with van der Waals surface area (Å²) in [5, 5.41) is 16.7. The average molecular weight is 556 g/mol. The van der Waals surface area contributed by atoms with Crippen molar-refractivity contribution in [2.75, 3.05) is 12.4 Å². The van der Waals surface area contributed by atoms with Crippen molar-refractivity contribution in [1.82, 2.24) is 25.1 Å². The van der Waals surface area contributed by atoms with Gasteiger partial charge >= 0.3 is 6.18 Å². The highest BCUT2D eigenvalue weighted by Crippen LogP contribution is 2.38. The molecule has 0 radical (unpaired) electrons. The van der Waals surface area contributed by atoms with Gasteiger partial charge in [-0.25, -0.2) is 18.1 Å². The molecule has 0 aliphatic carbocycles. The summed E-state index contributed by atoms with van der Waals surface area (Å²) >= 11 is 0. The van der Waals surface area contributed by atoms with Crippen molar-refractivity contribution in [2.45, 2.75) is 57.3 Å². The minimum absolute atomic E-state index is 0.000990. The number of halogens is 3. The van der Waals surface area contributed by atoms with Crippen molar-refractivity contribution in [3.8, 4) is 11.8 Å². The van der Waals surface area contributed by atoms with Crippen molar-refractivity contribution < 1.29 is 36.2 Å². The summed E-state index contributed by atoms with van der Waals surface area (Å²) in [6, 6.07) is 3.65. The molecule has 38 heavy (non-hydrogen) atoms. The van der Waals surface area contributed by atoms with E-state index in [9.17, 15) is 31.5 Å². The van der Waals surface area contributed by atoms with E-state index < -0.39 is 51.6 Å². The van der Waals surface area contributed by atoms with Gasteiger partial charge in [-0.2, -0.15) is 18.3 Å². The third-order valence-electron chi connectivity index (χ3n) is 5.53. The second-order valence-electron chi connectivity index (χ2n) is 9.35. The van der Waals surface area contributed by atoms with Gasteiger partial charge in [-0.15, -0.1) is 0 Å². The van der Waals surface area contributed by atoms with E-state index in [1.54, 1.807) is 20.8 Å². The molecule has 0 saturated carbocycles. The smallest absolute Gasteiger partial charge is 0.420 e. The zero-order chi connectivity index (χ0) is 28.5. The van der Waals surface area contributed by atoms with E-state index in [1.807, 2.05) is 0 Å². The number of ether oxygens (including phenoxy) is 1. The highest BCUT2D eigenvalue weighted by molar-refractivity contribution is 7.91. The van der Waals surface area contributed by atoms with Gasteiger partial charge in [0.15, 0.2) is 15.5 Å². The molecule has 0 aliphatic rings. The third kappa shape index (κ3) is 6.13. The first-order valence-corrected chi connectivity index (χ1v) is 13.2. The quantitative estimate of drug-likeness (QED) is 0.428. The zero-order valence-electron chi connectivity index (χ0n) is 21.4. The van der Waals surface area contributed by atoms with Gasteiger partial charge in [0, 0.05) is 18.0 Å². The van der Waals surface area contributed by atoms with E-state index in [2.05, 4.69) is 20.4 Å². The number of nitrogens with one attached hydrogen (secondary N) is 1. The number of hydrogen-bond donors (Lipinski definition) is 2. The van der Waals surface area contributed by atoms with Gasteiger partial charge in [-0.3, -0.25) is 9.78 Å². The van der Waals surface area contributed by atoms with E-state index >= 15 is 0 Å². The van der Waals surface area contributed by atoms with Crippen LogP contribution >= 0.6 is 0 Å². The maximum absolute atomic E-state index is 13.5. The van der Waals surface area contributed by atoms with E-state index in [0.717, 1.165) is 24.5 Å². The molecule has 0 spiro atoms. The summed E-state index contributed by atoms with van der Waals surface area (Å²) in [6.07, 6.45) is -2.43. The van der Waals surface area contributed by atoms with Gasteiger partial charge < -0.3 is 15.2 Å². The maximum atomic E-state index is 13.5. The molecule has 0 aromatic carbocycles. The Kier molecular flexibility index (Phi) is 8.17. The Labute approximate surface area is 217 Å². The Bertz CT molecular complexity index is 1410. The van der Waals surface area contributed by atoms with Crippen LogP contribution in [0.5, 0.6) is 11.8 Å². The van der Waals surface area contributed by atoms with Crippen LogP contribution in [0.15, 0.2) is 41.6 Å². The fourth-order valence-corrected chi connectivity index (χ4v) is 4.26. The van der Waals surface area contributed by atoms with Crippen LogP contribution in [0.25, 0.3) is 0 Å². The highest BCUT2D eigenvalue weighted by atomic mass is 32.2. The SMILES string of the molecule is CCS(=O)(=O)c1ccc(C(CO)NC(=O)c2nn(C(C)(C)C)c(Oc3ncccc3C(F)(F)F)c2C)nc1. The molecule has 10 nitrogen and oxygen atoms in total. The summed E-state index contributed by atoms with van der Waals surface area (Å²) in [7, 11) is -3.49. The molecule has 0 aliphatic heterocycles. The summed E-state index contributed by atoms with van der Waals surface area (Å²) in [6.45, 7) is 7.57. The molecule has 1 unspecified atom stereocenters. The normalized spacial score (nSPS) is 13.3. The van der Waals surface area contributed by atoms with E-state index in [1.165, 1.54) is 30.7 Å². The van der Waals surface area contributed by atoms with Crippen LogP contribution in [0.1, 0.15) is 61.0 Å². The summed E-state index contributed by atoms with van der Waals surface area (Å²) in [5.41, 5.74) is -1.70. The third-order valence-corrected chi connectivity index (χ3v) is 7.25. The number of sulfone groups is 1. The molecule has 0 saturated heterocycles. The fourth-order valence-electron chi connectivity index (χ4n) is 3.44. The average Bonchev–Trinajstić information content (AvgIpc) is 3.18. The maximum Gasteiger partial charge on any atom is 0.421 e. The Morgan fingerprint density at radius 1 is 1.18 bits per heavy atom. The fraction of sp³-hybridized carbons (Fsp3) is 0.417. The van der Waals surface area contributed by atoms with Crippen LogP contribution in [-0.4, -0.2) is 51.5 Å². The lowest BCUT2D eigenvalue weighted by Crippen LogP contribution is -2.32. The van der Waals surface area contributed by atoms with E-state index in [0.29, 0.717) is 0 Å². The van der Waals surface area contributed by atoms with Gasteiger partial charge in [0.2, 0.25) is 11.8 Å².